The Morgan fingerprint density at radius 1 is 1.45 bits per heavy atom. The van der Waals surface area contributed by atoms with Crippen molar-refractivity contribution < 1.29 is 4.79 Å². The Morgan fingerprint density at radius 2 is 2.20 bits per heavy atom. The van der Waals surface area contributed by atoms with Crippen molar-refractivity contribution in [2.24, 2.45) is 0 Å². The standard InChI is InChI=1S/C15H15BrN2OS/c1-10-9-13(20-14(10)16)15(19)18-8-2-3-12(18)11-4-6-17-7-5-11/h4-7,9,12H,2-3,8H2,1H3. The number of amides is 1. The molecule has 1 atom stereocenters. The van der Waals surface area contributed by atoms with Crippen molar-refractivity contribution in [3.63, 3.8) is 0 Å². The van der Waals surface area contributed by atoms with E-state index in [1.54, 1.807) is 12.4 Å². The number of halogens is 1. The van der Waals surface area contributed by atoms with Crippen LogP contribution in [0.5, 0.6) is 0 Å². The van der Waals surface area contributed by atoms with Crippen LogP contribution >= 0.6 is 27.3 Å². The fourth-order valence-corrected chi connectivity index (χ4v) is 4.14. The van der Waals surface area contributed by atoms with Gasteiger partial charge in [-0.15, -0.1) is 11.3 Å². The van der Waals surface area contributed by atoms with Gasteiger partial charge in [0.05, 0.1) is 14.7 Å². The van der Waals surface area contributed by atoms with Crippen molar-refractivity contribution in [2.45, 2.75) is 25.8 Å². The van der Waals surface area contributed by atoms with Crippen LogP contribution in [-0.2, 0) is 0 Å². The van der Waals surface area contributed by atoms with Crippen LogP contribution in [-0.4, -0.2) is 22.3 Å². The molecule has 0 aliphatic carbocycles. The number of carbonyl (C=O) groups excluding carboxylic acids is 1. The van der Waals surface area contributed by atoms with Crippen LogP contribution in [0.25, 0.3) is 0 Å². The van der Waals surface area contributed by atoms with Gasteiger partial charge in [0.25, 0.3) is 5.91 Å². The minimum Gasteiger partial charge on any atom is -0.331 e. The number of aryl methyl sites for hydroxylation is 1. The molecule has 0 bridgehead atoms. The summed E-state index contributed by atoms with van der Waals surface area (Å²) in [5.74, 6) is 0.142. The zero-order valence-corrected chi connectivity index (χ0v) is 13.6. The van der Waals surface area contributed by atoms with Crippen LogP contribution in [0.1, 0.15) is 39.7 Å². The van der Waals surface area contributed by atoms with E-state index < -0.39 is 0 Å². The molecule has 1 amide bonds. The van der Waals surface area contributed by atoms with Crippen LogP contribution in [0.15, 0.2) is 34.4 Å². The van der Waals surface area contributed by atoms with Crippen molar-refractivity contribution >= 4 is 33.2 Å². The molecule has 1 unspecified atom stereocenters. The van der Waals surface area contributed by atoms with Gasteiger partial charge in [-0.1, -0.05) is 0 Å². The molecule has 104 valence electrons. The predicted octanol–water partition coefficient (Wildman–Crippen LogP) is 4.19. The average molecular weight is 351 g/mol. The second-order valence-corrected chi connectivity index (χ2v) is 7.37. The van der Waals surface area contributed by atoms with Crippen molar-refractivity contribution in [2.75, 3.05) is 6.54 Å². The highest BCUT2D eigenvalue weighted by molar-refractivity contribution is 9.11. The summed E-state index contributed by atoms with van der Waals surface area (Å²) in [6, 6.07) is 6.17. The lowest BCUT2D eigenvalue weighted by molar-refractivity contribution is 0.0740. The Bertz CT molecular complexity index is 607. The number of likely N-dealkylation sites (tertiary alicyclic amines) is 1. The monoisotopic (exact) mass is 350 g/mol. The van der Waals surface area contributed by atoms with Gasteiger partial charge < -0.3 is 4.90 Å². The Morgan fingerprint density at radius 3 is 2.85 bits per heavy atom. The summed E-state index contributed by atoms with van der Waals surface area (Å²) in [5.41, 5.74) is 2.30. The lowest BCUT2D eigenvalue weighted by Crippen LogP contribution is -2.29. The fourth-order valence-electron chi connectivity index (χ4n) is 2.65. The number of hydrogen-bond donors (Lipinski definition) is 0. The molecule has 1 aliphatic heterocycles. The average Bonchev–Trinajstić information content (AvgIpc) is 3.07. The SMILES string of the molecule is Cc1cc(C(=O)N2CCCC2c2ccncc2)sc1Br. The molecule has 3 nitrogen and oxygen atoms in total. The van der Waals surface area contributed by atoms with E-state index in [2.05, 4.69) is 20.9 Å². The molecular weight excluding hydrogens is 336 g/mol. The third kappa shape index (κ3) is 2.52. The van der Waals surface area contributed by atoms with Gasteiger partial charge in [0.15, 0.2) is 0 Å². The zero-order chi connectivity index (χ0) is 14.1. The molecule has 20 heavy (non-hydrogen) atoms. The van der Waals surface area contributed by atoms with Crippen LogP contribution in [0, 0.1) is 6.92 Å². The zero-order valence-electron chi connectivity index (χ0n) is 11.2. The minimum absolute atomic E-state index is 0.142. The topological polar surface area (TPSA) is 33.2 Å². The first-order valence-electron chi connectivity index (χ1n) is 6.63. The summed E-state index contributed by atoms with van der Waals surface area (Å²) in [5, 5.41) is 0. The Hall–Kier alpha value is -1.20. The van der Waals surface area contributed by atoms with E-state index in [0.29, 0.717) is 0 Å². The van der Waals surface area contributed by atoms with E-state index in [4.69, 9.17) is 0 Å². The Balaban J connectivity index is 1.87. The first kappa shape index (κ1) is 13.8. The summed E-state index contributed by atoms with van der Waals surface area (Å²) in [4.78, 5) is 19.6. The van der Waals surface area contributed by atoms with Crippen LogP contribution < -0.4 is 0 Å². The van der Waals surface area contributed by atoms with E-state index in [1.165, 1.54) is 16.9 Å². The molecule has 0 aromatic carbocycles. The van der Waals surface area contributed by atoms with E-state index in [1.807, 2.05) is 30.0 Å². The van der Waals surface area contributed by atoms with Gasteiger partial charge in [0.1, 0.15) is 0 Å². The second kappa shape index (κ2) is 5.66. The highest BCUT2D eigenvalue weighted by Crippen LogP contribution is 2.35. The van der Waals surface area contributed by atoms with Gasteiger partial charge in [-0.25, -0.2) is 0 Å². The first-order chi connectivity index (χ1) is 9.66. The molecule has 1 fully saturated rings. The van der Waals surface area contributed by atoms with Crippen molar-refractivity contribution in [3.8, 4) is 0 Å². The van der Waals surface area contributed by atoms with Gasteiger partial charge in [-0.2, -0.15) is 0 Å². The van der Waals surface area contributed by atoms with E-state index in [0.717, 1.165) is 33.6 Å². The molecule has 5 heteroatoms. The lowest BCUT2D eigenvalue weighted by Gasteiger charge is -2.24. The molecule has 1 aliphatic rings. The number of aromatic nitrogens is 1. The maximum atomic E-state index is 12.7. The predicted molar refractivity (Wildman–Crippen MR) is 84.0 cm³/mol. The fraction of sp³-hybridized carbons (Fsp3) is 0.333. The van der Waals surface area contributed by atoms with Gasteiger partial charge in [-0.05, 0) is 65.0 Å². The highest BCUT2D eigenvalue weighted by Gasteiger charge is 2.31. The third-order valence-electron chi connectivity index (χ3n) is 3.67. The molecule has 0 saturated carbocycles. The third-order valence-corrected chi connectivity index (χ3v) is 5.80. The molecule has 0 N–H and O–H groups in total. The second-order valence-electron chi connectivity index (χ2n) is 5.00. The summed E-state index contributed by atoms with van der Waals surface area (Å²) in [6.45, 7) is 2.85. The molecule has 3 heterocycles. The van der Waals surface area contributed by atoms with Crippen LogP contribution in [0.3, 0.4) is 0 Å². The molecular formula is C15H15BrN2OS. The largest absolute Gasteiger partial charge is 0.331 e. The van der Waals surface area contributed by atoms with Crippen molar-refractivity contribution in [3.05, 3.63) is 50.4 Å². The van der Waals surface area contributed by atoms with Gasteiger partial charge >= 0.3 is 0 Å². The molecule has 0 radical (unpaired) electrons. The quantitative estimate of drug-likeness (QED) is 0.813. The van der Waals surface area contributed by atoms with Gasteiger partial charge in [-0.3, -0.25) is 9.78 Å². The van der Waals surface area contributed by atoms with E-state index in [-0.39, 0.29) is 11.9 Å². The van der Waals surface area contributed by atoms with Gasteiger partial charge in [0, 0.05) is 18.9 Å². The molecule has 2 aromatic rings. The summed E-state index contributed by atoms with van der Waals surface area (Å²) in [6.07, 6.45) is 5.68. The summed E-state index contributed by atoms with van der Waals surface area (Å²) < 4.78 is 1.04. The molecule has 3 rings (SSSR count). The number of hydrogen-bond acceptors (Lipinski definition) is 3. The van der Waals surface area contributed by atoms with Crippen LogP contribution in [0.2, 0.25) is 0 Å². The maximum absolute atomic E-state index is 12.7. The Labute approximate surface area is 130 Å². The number of pyridine rings is 1. The van der Waals surface area contributed by atoms with Crippen molar-refractivity contribution in [1.29, 1.82) is 0 Å². The minimum atomic E-state index is 0.142. The summed E-state index contributed by atoms with van der Waals surface area (Å²) >= 11 is 5.01. The first-order valence-corrected chi connectivity index (χ1v) is 8.24. The maximum Gasteiger partial charge on any atom is 0.264 e. The molecule has 2 aromatic heterocycles. The number of rotatable bonds is 2. The number of nitrogens with zero attached hydrogens (tertiary/aromatic N) is 2. The Kier molecular flexibility index (Phi) is 3.89. The summed E-state index contributed by atoms with van der Waals surface area (Å²) in [7, 11) is 0. The number of thiophene rings is 1. The van der Waals surface area contributed by atoms with E-state index >= 15 is 0 Å². The number of carbonyl (C=O) groups is 1. The van der Waals surface area contributed by atoms with Gasteiger partial charge in [0.2, 0.25) is 0 Å². The normalized spacial score (nSPS) is 18.5. The smallest absolute Gasteiger partial charge is 0.264 e. The van der Waals surface area contributed by atoms with E-state index in [9.17, 15) is 4.79 Å². The van der Waals surface area contributed by atoms with Crippen LogP contribution in [0.4, 0.5) is 0 Å². The molecule has 0 spiro atoms. The lowest BCUT2D eigenvalue weighted by atomic mass is 10.1. The van der Waals surface area contributed by atoms with Crippen molar-refractivity contribution in [1.82, 2.24) is 9.88 Å². The molecule has 1 saturated heterocycles. The highest BCUT2D eigenvalue weighted by atomic mass is 79.9.